The van der Waals surface area contributed by atoms with Crippen molar-refractivity contribution in [3.8, 4) is 22.3 Å². The number of thiazole rings is 1. The van der Waals surface area contributed by atoms with Gasteiger partial charge in [-0.2, -0.15) is 0 Å². The molecule has 0 saturated heterocycles. The zero-order valence-electron chi connectivity index (χ0n) is 12.1. The van der Waals surface area contributed by atoms with E-state index in [1.54, 1.807) is 6.20 Å². The zero-order chi connectivity index (χ0) is 16.5. The number of carbonyl (C=O) groups is 1. The molecular weight excluding hydrogens is 336 g/mol. The minimum absolute atomic E-state index is 0.0520. The number of hydrogen-bond donors (Lipinski definition) is 2. The van der Waals surface area contributed by atoms with E-state index in [1.165, 1.54) is 11.3 Å². The van der Waals surface area contributed by atoms with Crippen molar-refractivity contribution in [2.24, 2.45) is 0 Å². The van der Waals surface area contributed by atoms with Crippen LogP contribution in [0, 0.1) is 0 Å². The third kappa shape index (κ3) is 2.86. The fraction of sp³-hybridized carbons (Fsp3) is 0.143. The Labute approximate surface area is 138 Å². The van der Waals surface area contributed by atoms with E-state index < -0.39 is 5.97 Å². The highest BCUT2D eigenvalue weighted by Crippen LogP contribution is 2.36. The van der Waals surface area contributed by atoms with E-state index in [9.17, 15) is 4.79 Å². The van der Waals surface area contributed by atoms with E-state index in [2.05, 4.69) is 20.5 Å². The molecule has 24 heavy (non-hydrogen) atoms. The summed E-state index contributed by atoms with van der Waals surface area (Å²) in [7, 11) is 0. The van der Waals surface area contributed by atoms with E-state index in [1.807, 2.05) is 18.2 Å². The molecule has 2 N–H and O–H groups in total. The lowest BCUT2D eigenvalue weighted by Crippen LogP contribution is -1.99. The van der Waals surface area contributed by atoms with Crippen LogP contribution in [-0.2, 0) is 11.2 Å². The third-order valence-electron chi connectivity index (χ3n) is 3.11. The molecule has 0 spiro atoms. The molecule has 0 saturated carbocycles. The highest BCUT2D eigenvalue weighted by Gasteiger charge is 2.16. The summed E-state index contributed by atoms with van der Waals surface area (Å²) >= 11 is 1.31. The van der Waals surface area contributed by atoms with Crippen LogP contribution in [0.3, 0.4) is 0 Å². The molecule has 1 aliphatic heterocycles. The Morgan fingerprint density at radius 3 is 3.04 bits per heavy atom. The van der Waals surface area contributed by atoms with Crippen LogP contribution in [-0.4, -0.2) is 33.1 Å². The fourth-order valence-corrected chi connectivity index (χ4v) is 2.84. The largest absolute Gasteiger partial charge is 0.481 e. The molecule has 0 atom stereocenters. The predicted octanol–water partition coefficient (Wildman–Crippen LogP) is 2.29. The minimum atomic E-state index is -1.03. The Hall–Kier alpha value is -3.14. The molecule has 2 aromatic heterocycles. The van der Waals surface area contributed by atoms with Gasteiger partial charge in [0.2, 0.25) is 12.7 Å². The molecule has 0 bridgehead atoms. The Morgan fingerprint density at radius 1 is 1.29 bits per heavy atom. The van der Waals surface area contributed by atoms with E-state index >= 15 is 0 Å². The Kier molecular flexibility index (Phi) is 3.50. The standard InChI is InChI=1S/C14H10N4O5S/c19-12(20)4-11-17-18-13(23-11)10-5-15-14(24-10)16-7-1-2-8-9(3-7)22-6-21-8/h1-3,5H,4,6H2,(H,15,16)(H,19,20). The van der Waals surface area contributed by atoms with Gasteiger partial charge in [0.1, 0.15) is 11.3 Å². The van der Waals surface area contributed by atoms with Gasteiger partial charge < -0.3 is 24.3 Å². The van der Waals surface area contributed by atoms with Crippen molar-refractivity contribution >= 4 is 28.1 Å². The summed E-state index contributed by atoms with van der Waals surface area (Å²) in [6.07, 6.45) is 1.27. The van der Waals surface area contributed by atoms with Gasteiger partial charge >= 0.3 is 5.97 Å². The van der Waals surface area contributed by atoms with Gasteiger partial charge in [-0.05, 0) is 12.1 Å². The zero-order valence-corrected chi connectivity index (χ0v) is 12.9. The van der Waals surface area contributed by atoms with Gasteiger partial charge in [-0.25, -0.2) is 4.98 Å². The molecule has 10 heteroatoms. The summed E-state index contributed by atoms with van der Waals surface area (Å²) in [6.45, 7) is 0.218. The number of rotatable bonds is 5. The second-order valence-corrected chi connectivity index (χ2v) is 5.82. The molecule has 9 nitrogen and oxygen atoms in total. The molecule has 122 valence electrons. The lowest BCUT2D eigenvalue weighted by molar-refractivity contribution is -0.136. The molecular formula is C14H10N4O5S. The number of anilines is 2. The number of nitrogens with zero attached hydrogens (tertiary/aromatic N) is 3. The van der Waals surface area contributed by atoms with Gasteiger partial charge in [-0.15, -0.1) is 10.2 Å². The molecule has 0 fully saturated rings. The predicted molar refractivity (Wildman–Crippen MR) is 82.6 cm³/mol. The number of ether oxygens (including phenoxy) is 2. The summed E-state index contributed by atoms with van der Waals surface area (Å²) in [5, 5.41) is 20.0. The van der Waals surface area contributed by atoms with Crippen LogP contribution >= 0.6 is 11.3 Å². The Bertz CT molecular complexity index is 906. The van der Waals surface area contributed by atoms with Gasteiger partial charge in [0.15, 0.2) is 16.6 Å². The lowest BCUT2D eigenvalue weighted by Gasteiger charge is -2.03. The summed E-state index contributed by atoms with van der Waals surface area (Å²) in [5.74, 6) is 0.641. The van der Waals surface area contributed by atoms with Crippen LogP contribution in [0.5, 0.6) is 11.5 Å². The Balaban J connectivity index is 1.50. The Morgan fingerprint density at radius 2 is 2.17 bits per heavy atom. The van der Waals surface area contributed by atoms with Gasteiger partial charge in [-0.3, -0.25) is 4.79 Å². The summed E-state index contributed by atoms with van der Waals surface area (Å²) < 4.78 is 15.9. The molecule has 3 heterocycles. The number of benzene rings is 1. The number of carboxylic acid groups (broad SMARTS) is 1. The summed E-state index contributed by atoms with van der Waals surface area (Å²) in [5.41, 5.74) is 0.803. The van der Waals surface area contributed by atoms with Gasteiger partial charge in [-0.1, -0.05) is 11.3 Å². The number of nitrogens with one attached hydrogen (secondary N) is 1. The smallest absolute Gasteiger partial charge is 0.312 e. The number of carboxylic acids is 1. The first-order valence-corrected chi connectivity index (χ1v) is 7.66. The fourth-order valence-electron chi connectivity index (χ4n) is 2.08. The molecule has 1 aliphatic rings. The van der Waals surface area contributed by atoms with Crippen molar-refractivity contribution in [3.05, 3.63) is 30.3 Å². The summed E-state index contributed by atoms with van der Waals surface area (Å²) in [6, 6.07) is 5.49. The monoisotopic (exact) mass is 346 g/mol. The third-order valence-corrected chi connectivity index (χ3v) is 4.01. The van der Waals surface area contributed by atoms with Crippen LogP contribution in [0.4, 0.5) is 10.8 Å². The van der Waals surface area contributed by atoms with Crippen LogP contribution < -0.4 is 14.8 Å². The van der Waals surface area contributed by atoms with Crippen molar-refractivity contribution < 1.29 is 23.8 Å². The number of fused-ring (bicyclic) bond motifs is 1. The van der Waals surface area contributed by atoms with E-state index in [-0.39, 0.29) is 25.0 Å². The van der Waals surface area contributed by atoms with E-state index in [0.717, 1.165) is 5.69 Å². The molecule has 4 rings (SSSR count). The number of hydrogen-bond acceptors (Lipinski definition) is 9. The highest BCUT2D eigenvalue weighted by atomic mass is 32.1. The van der Waals surface area contributed by atoms with Crippen molar-refractivity contribution in [2.45, 2.75) is 6.42 Å². The molecule has 3 aromatic rings. The maximum atomic E-state index is 10.6. The van der Waals surface area contributed by atoms with Crippen LogP contribution in [0.15, 0.2) is 28.8 Å². The summed E-state index contributed by atoms with van der Waals surface area (Å²) in [4.78, 5) is 15.5. The quantitative estimate of drug-likeness (QED) is 0.717. The lowest BCUT2D eigenvalue weighted by atomic mass is 10.3. The second kappa shape index (κ2) is 5.81. The maximum absolute atomic E-state index is 10.6. The van der Waals surface area contributed by atoms with Gasteiger partial charge in [0.25, 0.3) is 5.89 Å². The molecule has 0 unspecified atom stereocenters. The average molecular weight is 346 g/mol. The normalized spacial score (nSPS) is 12.3. The number of aliphatic carboxylic acids is 1. The average Bonchev–Trinajstić information content (AvgIpc) is 3.26. The second-order valence-electron chi connectivity index (χ2n) is 4.79. The van der Waals surface area contributed by atoms with Crippen molar-refractivity contribution in [1.29, 1.82) is 0 Å². The SMILES string of the molecule is O=C(O)Cc1nnc(-c2cnc(Nc3ccc4c(c3)OCO4)s2)o1. The van der Waals surface area contributed by atoms with Crippen LogP contribution in [0.1, 0.15) is 5.89 Å². The highest BCUT2D eigenvalue weighted by molar-refractivity contribution is 7.18. The molecule has 0 aliphatic carbocycles. The first-order chi connectivity index (χ1) is 11.7. The van der Waals surface area contributed by atoms with Crippen molar-refractivity contribution in [3.63, 3.8) is 0 Å². The van der Waals surface area contributed by atoms with Crippen molar-refractivity contribution in [2.75, 3.05) is 12.1 Å². The molecule has 0 radical (unpaired) electrons. The maximum Gasteiger partial charge on any atom is 0.312 e. The topological polar surface area (TPSA) is 120 Å². The molecule has 1 aromatic carbocycles. The van der Waals surface area contributed by atoms with E-state index in [4.69, 9.17) is 19.0 Å². The number of aromatic nitrogens is 3. The van der Waals surface area contributed by atoms with Crippen molar-refractivity contribution in [1.82, 2.24) is 15.2 Å². The van der Waals surface area contributed by atoms with Crippen LogP contribution in [0.2, 0.25) is 0 Å². The van der Waals surface area contributed by atoms with Gasteiger partial charge in [0, 0.05) is 11.8 Å². The van der Waals surface area contributed by atoms with E-state index in [0.29, 0.717) is 21.5 Å². The van der Waals surface area contributed by atoms with Gasteiger partial charge in [0.05, 0.1) is 6.20 Å². The molecule has 0 amide bonds. The van der Waals surface area contributed by atoms with Crippen LogP contribution in [0.25, 0.3) is 10.8 Å². The first-order valence-electron chi connectivity index (χ1n) is 6.84. The first kappa shape index (κ1) is 14.5. The minimum Gasteiger partial charge on any atom is -0.481 e.